The van der Waals surface area contributed by atoms with Crippen molar-refractivity contribution in [2.24, 2.45) is 0 Å². The Morgan fingerprint density at radius 3 is 2.38 bits per heavy atom. The van der Waals surface area contributed by atoms with Crippen LogP contribution in [-0.2, 0) is 24.2 Å². The van der Waals surface area contributed by atoms with E-state index in [1.807, 2.05) is 53.4 Å². The van der Waals surface area contributed by atoms with Crippen molar-refractivity contribution in [3.63, 3.8) is 0 Å². The normalized spacial score (nSPS) is 10.5. The number of carbonyl (C=O) groups excluding carboxylic acids is 1. The molecular formula is C22H23NO2S. The van der Waals surface area contributed by atoms with Crippen LogP contribution in [0.2, 0.25) is 0 Å². The highest BCUT2D eigenvalue weighted by molar-refractivity contribution is 7.09. The van der Waals surface area contributed by atoms with Crippen molar-refractivity contribution >= 4 is 17.2 Å². The lowest BCUT2D eigenvalue weighted by Gasteiger charge is -2.22. The van der Waals surface area contributed by atoms with Crippen LogP contribution in [0.25, 0.3) is 0 Å². The zero-order chi connectivity index (χ0) is 18.2. The number of nitrogens with zero attached hydrogens (tertiary/aromatic N) is 1. The number of hydrogen-bond donors (Lipinski definition) is 0. The highest BCUT2D eigenvalue weighted by atomic mass is 32.1. The maximum absolute atomic E-state index is 12.9. The van der Waals surface area contributed by atoms with Crippen molar-refractivity contribution in [3.05, 3.63) is 88.1 Å². The summed E-state index contributed by atoms with van der Waals surface area (Å²) in [6.45, 7) is 1.39. The van der Waals surface area contributed by atoms with Crippen LogP contribution in [-0.4, -0.2) is 24.5 Å². The van der Waals surface area contributed by atoms with E-state index in [0.717, 1.165) is 24.3 Å². The molecule has 0 aliphatic carbocycles. The third kappa shape index (κ3) is 5.20. The fourth-order valence-electron chi connectivity index (χ4n) is 2.82. The van der Waals surface area contributed by atoms with Gasteiger partial charge in [-0.3, -0.25) is 4.79 Å². The van der Waals surface area contributed by atoms with Crippen molar-refractivity contribution in [1.82, 2.24) is 4.90 Å². The van der Waals surface area contributed by atoms with E-state index in [1.165, 1.54) is 10.4 Å². The lowest BCUT2D eigenvalue weighted by Crippen LogP contribution is -2.33. The van der Waals surface area contributed by atoms with Crippen LogP contribution in [0.1, 0.15) is 16.0 Å². The fourth-order valence-corrected chi connectivity index (χ4v) is 3.54. The van der Waals surface area contributed by atoms with E-state index in [2.05, 4.69) is 23.6 Å². The van der Waals surface area contributed by atoms with Gasteiger partial charge in [0.1, 0.15) is 5.75 Å². The van der Waals surface area contributed by atoms with Crippen molar-refractivity contribution in [2.75, 3.05) is 13.7 Å². The van der Waals surface area contributed by atoms with Gasteiger partial charge in [-0.1, -0.05) is 48.5 Å². The van der Waals surface area contributed by atoms with E-state index >= 15 is 0 Å². The molecule has 3 rings (SSSR count). The minimum Gasteiger partial charge on any atom is -0.497 e. The summed E-state index contributed by atoms with van der Waals surface area (Å²) in [7, 11) is 1.65. The van der Waals surface area contributed by atoms with Crippen LogP contribution in [0.5, 0.6) is 5.75 Å². The van der Waals surface area contributed by atoms with Gasteiger partial charge in [0.25, 0.3) is 0 Å². The van der Waals surface area contributed by atoms with E-state index in [-0.39, 0.29) is 5.91 Å². The number of rotatable bonds is 8. The van der Waals surface area contributed by atoms with Crippen LogP contribution in [0.15, 0.2) is 72.1 Å². The van der Waals surface area contributed by atoms with Gasteiger partial charge < -0.3 is 9.64 Å². The second-order valence-electron chi connectivity index (χ2n) is 6.16. The molecule has 0 bridgehead atoms. The van der Waals surface area contributed by atoms with Crippen LogP contribution < -0.4 is 4.74 Å². The van der Waals surface area contributed by atoms with E-state index in [0.29, 0.717) is 13.0 Å². The number of carbonyl (C=O) groups is 1. The summed E-state index contributed by atoms with van der Waals surface area (Å²) in [5, 5.41) is 2.05. The summed E-state index contributed by atoms with van der Waals surface area (Å²) in [6, 6.07) is 22.1. The summed E-state index contributed by atoms with van der Waals surface area (Å²) < 4.78 is 5.19. The van der Waals surface area contributed by atoms with Gasteiger partial charge in [-0.25, -0.2) is 0 Å². The molecule has 1 amide bonds. The lowest BCUT2D eigenvalue weighted by molar-refractivity contribution is -0.131. The van der Waals surface area contributed by atoms with Crippen molar-refractivity contribution in [3.8, 4) is 5.75 Å². The van der Waals surface area contributed by atoms with Gasteiger partial charge in [0.05, 0.1) is 20.1 Å². The number of ether oxygens (including phenoxy) is 1. The van der Waals surface area contributed by atoms with Gasteiger partial charge in [0.2, 0.25) is 5.91 Å². The lowest BCUT2D eigenvalue weighted by atomic mass is 10.1. The van der Waals surface area contributed by atoms with Crippen molar-refractivity contribution < 1.29 is 9.53 Å². The van der Waals surface area contributed by atoms with E-state index in [4.69, 9.17) is 4.74 Å². The SMILES string of the molecule is COc1ccc(CC(=O)N(CCc2ccccc2)Cc2cccs2)cc1. The van der Waals surface area contributed by atoms with Gasteiger partial charge in [-0.2, -0.15) is 0 Å². The molecule has 1 aromatic heterocycles. The summed E-state index contributed by atoms with van der Waals surface area (Å²) in [4.78, 5) is 16.1. The third-order valence-electron chi connectivity index (χ3n) is 4.31. The number of hydrogen-bond acceptors (Lipinski definition) is 3. The van der Waals surface area contributed by atoms with Crippen molar-refractivity contribution in [1.29, 1.82) is 0 Å². The highest BCUT2D eigenvalue weighted by Gasteiger charge is 2.15. The molecule has 0 saturated carbocycles. The van der Waals surface area contributed by atoms with Gasteiger partial charge in [-0.05, 0) is 41.1 Å². The molecule has 0 radical (unpaired) electrons. The van der Waals surface area contributed by atoms with Gasteiger partial charge in [0, 0.05) is 11.4 Å². The first-order valence-electron chi connectivity index (χ1n) is 8.71. The maximum atomic E-state index is 12.9. The largest absolute Gasteiger partial charge is 0.497 e. The van der Waals surface area contributed by atoms with E-state index in [9.17, 15) is 4.79 Å². The van der Waals surface area contributed by atoms with Crippen LogP contribution in [0.4, 0.5) is 0 Å². The molecule has 0 N–H and O–H groups in total. The molecular weight excluding hydrogens is 342 g/mol. The molecule has 0 aliphatic heterocycles. The molecule has 3 aromatic rings. The van der Waals surface area contributed by atoms with Gasteiger partial charge >= 0.3 is 0 Å². The minimum atomic E-state index is 0.152. The number of thiophene rings is 1. The predicted octanol–water partition coefficient (Wildman–Crippen LogP) is 4.57. The van der Waals surface area contributed by atoms with Gasteiger partial charge in [-0.15, -0.1) is 11.3 Å². The Hall–Kier alpha value is -2.59. The molecule has 0 unspecified atom stereocenters. The maximum Gasteiger partial charge on any atom is 0.227 e. The van der Waals surface area contributed by atoms with E-state index in [1.54, 1.807) is 18.4 Å². The molecule has 4 heteroatoms. The Morgan fingerprint density at radius 2 is 1.73 bits per heavy atom. The first kappa shape index (κ1) is 18.2. The first-order valence-corrected chi connectivity index (χ1v) is 9.59. The molecule has 0 aliphatic rings. The molecule has 2 aromatic carbocycles. The Balaban J connectivity index is 1.67. The second-order valence-corrected chi connectivity index (χ2v) is 7.19. The Bertz CT molecular complexity index is 798. The summed E-state index contributed by atoms with van der Waals surface area (Å²) in [5.41, 5.74) is 2.26. The second kappa shape index (κ2) is 9.20. The summed E-state index contributed by atoms with van der Waals surface area (Å²) in [5.74, 6) is 0.959. The zero-order valence-electron chi connectivity index (χ0n) is 14.9. The molecule has 0 fully saturated rings. The van der Waals surface area contributed by atoms with Crippen LogP contribution in [0, 0.1) is 0 Å². The molecule has 26 heavy (non-hydrogen) atoms. The Labute approximate surface area is 158 Å². The quantitative estimate of drug-likeness (QED) is 0.585. The molecule has 1 heterocycles. The molecule has 134 valence electrons. The first-order chi connectivity index (χ1) is 12.7. The fraction of sp³-hybridized carbons (Fsp3) is 0.227. The minimum absolute atomic E-state index is 0.152. The van der Waals surface area contributed by atoms with Crippen LogP contribution in [0.3, 0.4) is 0 Å². The standard InChI is InChI=1S/C22H23NO2S/c1-25-20-11-9-19(10-12-20)16-22(24)23(17-21-8-5-15-26-21)14-13-18-6-3-2-4-7-18/h2-12,15H,13-14,16-17H2,1H3. The van der Waals surface area contributed by atoms with E-state index < -0.39 is 0 Å². The topological polar surface area (TPSA) is 29.5 Å². The van der Waals surface area contributed by atoms with Crippen LogP contribution >= 0.6 is 11.3 Å². The molecule has 0 saturated heterocycles. The average molecular weight is 365 g/mol. The number of methoxy groups -OCH3 is 1. The summed E-state index contributed by atoms with van der Waals surface area (Å²) >= 11 is 1.69. The number of benzene rings is 2. The summed E-state index contributed by atoms with van der Waals surface area (Å²) in [6.07, 6.45) is 1.27. The average Bonchev–Trinajstić information content (AvgIpc) is 3.19. The molecule has 0 atom stereocenters. The Kier molecular flexibility index (Phi) is 6.45. The molecule has 3 nitrogen and oxygen atoms in total. The monoisotopic (exact) mass is 365 g/mol. The zero-order valence-corrected chi connectivity index (χ0v) is 15.7. The number of amides is 1. The highest BCUT2D eigenvalue weighted by Crippen LogP contribution is 2.16. The Morgan fingerprint density at radius 1 is 0.962 bits per heavy atom. The predicted molar refractivity (Wildman–Crippen MR) is 107 cm³/mol. The van der Waals surface area contributed by atoms with Crippen molar-refractivity contribution in [2.45, 2.75) is 19.4 Å². The van der Waals surface area contributed by atoms with Gasteiger partial charge in [0.15, 0.2) is 0 Å². The smallest absolute Gasteiger partial charge is 0.227 e. The third-order valence-corrected chi connectivity index (χ3v) is 5.17. The molecule has 0 spiro atoms.